The van der Waals surface area contributed by atoms with Gasteiger partial charge in [-0.3, -0.25) is 0 Å². The fraction of sp³-hybridized carbons (Fsp3) is 0. The Bertz CT molecular complexity index is 443. The van der Waals surface area contributed by atoms with Gasteiger partial charge in [0.15, 0.2) is 0 Å². The average Bonchev–Trinajstić information content (AvgIpc) is 2.42. The molecule has 0 atom stereocenters. The molecule has 1 N–H and O–H groups in total. The molecule has 0 aliphatic heterocycles. The van der Waals surface area contributed by atoms with Crippen LogP contribution in [0.25, 0.3) is 12.2 Å². The van der Waals surface area contributed by atoms with Crippen molar-refractivity contribution in [3.05, 3.63) is 84.6 Å². The number of rotatable bonds is 2. The van der Waals surface area contributed by atoms with Gasteiger partial charge in [0.1, 0.15) is 0 Å². The Kier molecular flexibility index (Phi) is 5.97. The minimum atomic E-state index is 1.01. The van der Waals surface area contributed by atoms with Crippen molar-refractivity contribution in [1.29, 1.82) is 0 Å². The van der Waals surface area contributed by atoms with Crippen molar-refractivity contribution < 1.29 is 5.11 Å². The van der Waals surface area contributed by atoms with E-state index in [2.05, 4.69) is 6.58 Å². The van der Waals surface area contributed by atoms with E-state index in [1.807, 2.05) is 66.7 Å². The second-order valence-electron chi connectivity index (χ2n) is 3.34. The van der Waals surface area contributed by atoms with E-state index < -0.39 is 0 Å². The van der Waals surface area contributed by atoms with E-state index >= 15 is 0 Å². The topological polar surface area (TPSA) is 20.2 Å². The average molecular weight is 224 g/mol. The number of hydrogen-bond donors (Lipinski definition) is 1. The fourth-order valence-corrected chi connectivity index (χ4v) is 1.24. The van der Waals surface area contributed by atoms with Crippen LogP contribution in [0.4, 0.5) is 0 Å². The molecule has 0 aliphatic carbocycles. The number of benzene rings is 2. The lowest BCUT2D eigenvalue weighted by Crippen LogP contribution is -1.66. The van der Waals surface area contributed by atoms with Gasteiger partial charge in [-0.2, -0.15) is 0 Å². The normalized spacial score (nSPS) is 9.41. The number of aliphatic hydroxyl groups is 1. The minimum Gasteiger partial charge on any atom is -0.516 e. The van der Waals surface area contributed by atoms with Crippen LogP contribution in [0.2, 0.25) is 0 Å². The molecule has 17 heavy (non-hydrogen) atoms. The van der Waals surface area contributed by atoms with E-state index in [1.54, 1.807) is 6.08 Å². The quantitative estimate of drug-likeness (QED) is 0.742. The van der Waals surface area contributed by atoms with Crippen molar-refractivity contribution in [3.63, 3.8) is 0 Å². The Morgan fingerprint density at radius 3 is 1.59 bits per heavy atom. The molecular formula is C16H16O. The Morgan fingerprint density at radius 1 is 0.765 bits per heavy atom. The molecule has 1 nitrogen and oxygen atoms in total. The first-order chi connectivity index (χ1) is 8.36. The highest BCUT2D eigenvalue weighted by Gasteiger charge is 1.78. The van der Waals surface area contributed by atoms with Gasteiger partial charge in [0.25, 0.3) is 0 Å². The van der Waals surface area contributed by atoms with Crippen molar-refractivity contribution in [2.75, 3.05) is 0 Å². The van der Waals surface area contributed by atoms with Crippen LogP contribution in [0, 0.1) is 0 Å². The summed E-state index contributed by atoms with van der Waals surface area (Å²) in [6.45, 7) is 3.63. The van der Waals surface area contributed by atoms with Gasteiger partial charge in [-0.25, -0.2) is 0 Å². The largest absolute Gasteiger partial charge is 0.516 e. The molecule has 0 radical (unpaired) electrons. The van der Waals surface area contributed by atoms with E-state index in [1.165, 1.54) is 5.56 Å². The first-order valence-electron chi connectivity index (χ1n) is 5.40. The van der Waals surface area contributed by atoms with E-state index in [0.29, 0.717) is 0 Å². The lowest BCUT2D eigenvalue weighted by Gasteiger charge is -1.86. The summed E-state index contributed by atoms with van der Waals surface area (Å²) in [7, 11) is 0. The number of aliphatic hydroxyl groups excluding tert-OH is 1. The molecule has 0 aliphatic rings. The van der Waals surface area contributed by atoms with Crippen LogP contribution in [-0.2, 0) is 0 Å². The summed E-state index contributed by atoms with van der Waals surface area (Å²) in [5.74, 6) is 0. The Labute approximate surface area is 102 Å². The predicted octanol–water partition coefficient (Wildman–Crippen LogP) is 4.54. The van der Waals surface area contributed by atoms with E-state index in [-0.39, 0.29) is 0 Å². The van der Waals surface area contributed by atoms with Crippen molar-refractivity contribution >= 4 is 12.2 Å². The maximum atomic E-state index is 8.34. The third-order valence-electron chi connectivity index (χ3n) is 2.10. The minimum absolute atomic E-state index is 1.01. The van der Waals surface area contributed by atoms with E-state index in [9.17, 15) is 0 Å². The van der Waals surface area contributed by atoms with Gasteiger partial charge >= 0.3 is 0 Å². The Hall–Kier alpha value is -2.28. The molecule has 86 valence electrons. The molecule has 0 amide bonds. The highest BCUT2D eigenvalue weighted by molar-refractivity contribution is 5.47. The van der Waals surface area contributed by atoms with Crippen LogP contribution in [0.15, 0.2) is 73.5 Å². The van der Waals surface area contributed by atoms with E-state index in [0.717, 1.165) is 11.8 Å². The molecule has 0 bridgehead atoms. The molecule has 0 saturated carbocycles. The van der Waals surface area contributed by atoms with Gasteiger partial charge in [0, 0.05) is 0 Å². The van der Waals surface area contributed by atoms with Gasteiger partial charge < -0.3 is 5.11 Å². The first kappa shape index (κ1) is 12.8. The maximum Gasteiger partial charge on any atom is 0.0797 e. The summed E-state index contributed by atoms with van der Waals surface area (Å²) < 4.78 is 0. The SMILES string of the molecule is C=Cc1ccccc1.OC=Cc1ccccc1. The van der Waals surface area contributed by atoms with Crippen molar-refractivity contribution in [2.24, 2.45) is 0 Å². The smallest absolute Gasteiger partial charge is 0.0797 e. The molecule has 2 aromatic rings. The third kappa shape index (κ3) is 5.38. The number of hydrogen-bond acceptors (Lipinski definition) is 1. The van der Waals surface area contributed by atoms with E-state index in [4.69, 9.17) is 5.11 Å². The van der Waals surface area contributed by atoms with Crippen LogP contribution < -0.4 is 0 Å². The van der Waals surface area contributed by atoms with Crippen molar-refractivity contribution in [1.82, 2.24) is 0 Å². The predicted molar refractivity (Wildman–Crippen MR) is 74.6 cm³/mol. The van der Waals surface area contributed by atoms with Gasteiger partial charge in [-0.15, -0.1) is 0 Å². The zero-order valence-corrected chi connectivity index (χ0v) is 9.66. The standard InChI is InChI=1S/C8H8O.C8H8/c9-7-6-8-4-2-1-3-5-8;1-2-8-6-4-3-5-7-8/h1-7,9H;2-7H,1H2. The highest BCUT2D eigenvalue weighted by Crippen LogP contribution is 1.99. The molecule has 0 unspecified atom stereocenters. The molecule has 2 aromatic carbocycles. The zero-order valence-electron chi connectivity index (χ0n) is 9.66. The van der Waals surface area contributed by atoms with Crippen molar-refractivity contribution in [3.8, 4) is 0 Å². The molecular weight excluding hydrogens is 208 g/mol. The molecule has 0 fully saturated rings. The highest BCUT2D eigenvalue weighted by atomic mass is 16.2. The second-order valence-corrected chi connectivity index (χ2v) is 3.34. The fourth-order valence-electron chi connectivity index (χ4n) is 1.24. The summed E-state index contributed by atoms with van der Waals surface area (Å²) in [6.07, 6.45) is 4.51. The summed E-state index contributed by atoms with van der Waals surface area (Å²) in [5.41, 5.74) is 2.19. The van der Waals surface area contributed by atoms with Gasteiger partial charge in [0.2, 0.25) is 0 Å². The Balaban J connectivity index is 0.000000171. The lowest BCUT2D eigenvalue weighted by atomic mass is 10.2. The summed E-state index contributed by atoms with van der Waals surface area (Å²) in [5, 5.41) is 8.34. The third-order valence-corrected chi connectivity index (χ3v) is 2.10. The molecule has 0 heterocycles. The summed E-state index contributed by atoms with van der Waals surface area (Å²) >= 11 is 0. The zero-order chi connectivity index (χ0) is 12.3. The molecule has 2 rings (SSSR count). The second kappa shape index (κ2) is 7.94. The van der Waals surface area contributed by atoms with Crippen LogP contribution in [0.5, 0.6) is 0 Å². The van der Waals surface area contributed by atoms with Crippen LogP contribution >= 0.6 is 0 Å². The van der Waals surface area contributed by atoms with Crippen LogP contribution in [-0.4, -0.2) is 5.11 Å². The van der Waals surface area contributed by atoms with Gasteiger partial charge in [-0.1, -0.05) is 73.3 Å². The van der Waals surface area contributed by atoms with Gasteiger partial charge in [0.05, 0.1) is 6.26 Å². The maximum absolute atomic E-state index is 8.34. The molecule has 0 aromatic heterocycles. The summed E-state index contributed by atoms with van der Waals surface area (Å²) in [6, 6.07) is 19.7. The van der Waals surface area contributed by atoms with Crippen molar-refractivity contribution in [2.45, 2.75) is 0 Å². The molecule has 1 heteroatoms. The monoisotopic (exact) mass is 224 g/mol. The van der Waals surface area contributed by atoms with Crippen LogP contribution in [0.3, 0.4) is 0 Å². The molecule has 0 saturated heterocycles. The lowest BCUT2D eigenvalue weighted by molar-refractivity contribution is 0.478. The first-order valence-corrected chi connectivity index (χ1v) is 5.40. The Morgan fingerprint density at radius 2 is 1.24 bits per heavy atom. The summed E-state index contributed by atoms with van der Waals surface area (Å²) in [4.78, 5) is 0. The van der Waals surface area contributed by atoms with Gasteiger partial charge in [-0.05, 0) is 17.2 Å². The van der Waals surface area contributed by atoms with Crippen LogP contribution in [0.1, 0.15) is 11.1 Å². The molecule has 0 spiro atoms.